The normalized spacial score (nSPS) is 18.6. The number of nitrogens with one attached hydrogen (secondary N) is 3. The first kappa shape index (κ1) is 47.3. The molecule has 1 aliphatic carbocycles. The molecule has 3 amide bonds. The maximum absolute atomic E-state index is 14.2. The van der Waals surface area contributed by atoms with Gasteiger partial charge in [0.15, 0.2) is 11.5 Å². The number of nitrogens with zero attached hydrogens (tertiary/aromatic N) is 4. The minimum Gasteiger partial charge on any atom is -0.391 e. The smallest absolute Gasteiger partial charge is 0.243 e. The van der Waals surface area contributed by atoms with Crippen molar-refractivity contribution < 1.29 is 29.1 Å². The Bertz CT molecular complexity index is 2790. The van der Waals surface area contributed by atoms with Gasteiger partial charge in [-0.1, -0.05) is 77.9 Å². The number of H-pyrrole nitrogens is 1. The molecule has 5 aromatic rings. The first-order valence-corrected chi connectivity index (χ1v) is 24.3. The summed E-state index contributed by atoms with van der Waals surface area (Å²) in [5, 5.41) is 17.6. The van der Waals surface area contributed by atoms with Gasteiger partial charge in [-0.05, 0) is 72.1 Å². The van der Waals surface area contributed by atoms with Crippen molar-refractivity contribution in [2.75, 3.05) is 24.5 Å². The molecule has 8 rings (SSSR count). The number of amides is 3. The summed E-state index contributed by atoms with van der Waals surface area (Å²) in [6.45, 7) is 23.2. The molecule has 2 saturated heterocycles. The number of aromatic nitrogens is 2. The summed E-state index contributed by atoms with van der Waals surface area (Å²) in [6.07, 6.45) is 1.34. The van der Waals surface area contributed by atoms with E-state index in [9.17, 15) is 29.1 Å². The van der Waals surface area contributed by atoms with Gasteiger partial charge in [-0.2, -0.15) is 0 Å². The Morgan fingerprint density at radius 1 is 1.04 bits per heavy atom. The standard InChI is InChI=1S/C53H61N7O6S/c1-9-32-22-39-40(53(6,7)49-46(47(39)64)38-16-14-35(54-8)23-42(38)58-49)26-43(32)59-20-18-34(19-21-59)57-45(63)17-15-36(61)24-41(52(3,4)5)51(66)60-28-37(62)25-44(60)50(65)55-27-31-10-12-33(13-11-31)48-30(2)56-29-67-48/h10-14,16,22-23,26,29,34,37,41,44,58,62H,9,15,17-21,24-25,27-28H2,1-7H3,(H,55,65)(H,57,63)/t37-,41-,44+/m1/s1. The van der Waals surface area contributed by atoms with Crippen molar-refractivity contribution in [3.63, 3.8) is 0 Å². The van der Waals surface area contributed by atoms with E-state index in [1.165, 1.54) is 4.90 Å². The molecule has 0 bridgehead atoms. The Hall–Kier alpha value is -6.17. The van der Waals surface area contributed by atoms with Crippen LogP contribution in [-0.2, 0) is 37.6 Å². The largest absolute Gasteiger partial charge is 0.391 e. The van der Waals surface area contributed by atoms with Gasteiger partial charge in [0.05, 0.1) is 34.3 Å². The molecule has 13 nitrogen and oxygen atoms in total. The minimum absolute atomic E-state index is 0.00388. The summed E-state index contributed by atoms with van der Waals surface area (Å²) < 4.78 is 0. The van der Waals surface area contributed by atoms with E-state index in [0.29, 0.717) is 42.7 Å². The number of hydrogen-bond acceptors (Lipinski definition) is 9. The van der Waals surface area contributed by atoms with Crippen LogP contribution >= 0.6 is 11.3 Å². The third-order valence-corrected chi connectivity index (χ3v) is 15.2. The number of carbonyl (C=O) groups excluding carboxylic acids is 5. The van der Waals surface area contributed by atoms with Gasteiger partial charge < -0.3 is 30.5 Å². The van der Waals surface area contributed by atoms with Gasteiger partial charge >= 0.3 is 0 Å². The number of ketones is 2. The van der Waals surface area contributed by atoms with Crippen LogP contribution in [0.2, 0.25) is 0 Å². The van der Waals surface area contributed by atoms with Crippen molar-refractivity contribution in [3.05, 3.63) is 111 Å². The van der Waals surface area contributed by atoms with E-state index in [-0.39, 0.29) is 74.1 Å². The van der Waals surface area contributed by atoms with Crippen LogP contribution in [0.25, 0.3) is 26.2 Å². The molecule has 14 heteroatoms. The highest BCUT2D eigenvalue weighted by molar-refractivity contribution is 7.13. The third-order valence-electron chi connectivity index (χ3n) is 14.2. The SMILES string of the molecule is [C-]#[N+]c1ccc2c3c([nH]c2c1)C(C)(C)c1cc(N2CCC(NC(=O)CCC(=O)C[C@H](C(=O)N4C[C@H](O)C[C@H]4C(=O)NCc4ccc(-c5scnc5C)cc4)C(C)(C)C)CC2)c(CC)cc1C3=O. The second-order valence-corrected chi connectivity index (χ2v) is 21.0. The van der Waals surface area contributed by atoms with E-state index in [2.05, 4.69) is 63.3 Å². The molecule has 3 aromatic carbocycles. The zero-order chi connectivity index (χ0) is 47.9. The van der Waals surface area contributed by atoms with Crippen molar-refractivity contribution in [2.45, 2.75) is 124 Å². The van der Waals surface area contributed by atoms with E-state index in [4.69, 9.17) is 6.57 Å². The summed E-state index contributed by atoms with van der Waals surface area (Å²) in [6, 6.07) is 16.6. The molecule has 3 aliphatic rings. The quantitative estimate of drug-likeness (QED) is 0.0855. The molecule has 0 saturated carbocycles. The lowest BCUT2D eigenvalue weighted by Crippen LogP contribution is -2.50. The topological polar surface area (TPSA) is 169 Å². The number of β-amino-alcohol motifs (C(OH)–C–C–N with tert-alkyl or cyclic N) is 1. The number of fused-ring (bicyclic) bond motifs is 4. The summed E-state index contributed by atoms with van der Waals surface area (Å²) in [5.41, 5.74) is 10.3. The van der Waals surface area contributed by atoms with Crippen LogP contribution in [0.15, 0.2) is 60.1 Å². The van der Waals surface area contributed by atoms with Gasteiger partial charge in [0.2, 0.25) is 17.7 Å². The van der Waals surface area contributed by atoms with E-state index < -0.39 is 28.9 Å². The minimum atomic E-state index is -0.870. The fraction of sp³-hybridized carbons (Fsp3) is 0.453. The maximum atomic E-state index is 14.2. The average molecular weight is 924 g/mol. The van der Waals surface area contributed by atoms with Crippen LogP contribution in [0.3, 0.4) is 0 Å². The number of rotatable bonds is 13. The Balaban J connectivity index is 0.842. The van der Waals surface area contributed by atoms with Gasteiger partial charge in [0.1, 0.15) is 11.8 Å². The monoisotopic (exact) mass is 923 g/mol. The van der Waals surface area contributed by atoms with Crippen LogP contribution < -0.4 is 15.5 Å². The van der Waals surface area contributed by atoms with Crippen LogP contribution in [0.4, 0.5) is 11.4 Å². The molecule has 2 aliphatic heterocycles. The lowest BCUT2D eigenvalue weighted by molar-refractivity contribution is -0.146. The highest BCUT2D eigenvalue weighted by Gasteiger charge is 2.45. The molecule has 2 fully saturated rings. The molecule has 350 valence electrons. The van der Waals surface area contributed by atoms with Crippen molar-refractivity contribution in [3.8, 4) is 10.4 Å². The van der Waals surface area contributed by atoms with Crippen LogP contribution in [0.5, 0.6) is 0 Å². The Labute approximate surface area is 396 Å². The molecule has 3 atom stereocenters. The summed E-state index contributed by atoms with van der Waals surface area (Å²) in [7, 11) is 0. The van der Waals surface area contributed by atoms with Crippen molar-refractivity contribution in [1.29, 1.82) is 0 Å². The molecule has 4 heterocycles. The number of aliphatic hydroxyl groups is 1. The highest BCUT2D eigenvalue weighted by Crippen LogP contribution is 2.46. The number of Topliss-reactive ketones (excluding diaryl/α,β-unsaturated/α-hetero) is 1. The van der Waals surface area contributed by atoms with Crippen molar-refractivity contribution >= 4 is 62.9 Å². The van der Waals surface area contributed by atoms with Crippen LogP contribution in [0, 0.1) is 24.8 Å². The van der Waals surface area contributed by atoms with Gasteiger partial charge in [-0.15, -0.1) is 11.3 Å². The van der Waals surface area contributed by atoms with Gasteiger partial charge in [0.25, 0.3) is 0 Å². The lowest BCUT2D eigenvalue weighted by atomic mass is 9.70. The molecular formula is C53H61N7O6S. The van der Waals surface area contributed by atoms with Crippen LogP contribution in [-0.4, -0.2) is 87.1 Å². The zero-order valence-corrected chi connectivity index (χ0v) is 40.4. The number of piperidine rings is 1. The predicted octanol–water partition coefficient (Wildman–Crippen LogP) is 8.35. The third kappa shape index (κ3) is 9.54. The number of hydrogen-bond donors (Lipinski definition) is 4. The molecule has 0 unspecified atom stereocenters. The van der Waals surface area contributed by atoms with Crippen LogP contribution in [0.1, 0.15) is 124 Å². The fourth-order valence-corrected chi connectivity index (χ4v) is 11.0. The highest BCUT2D eigenvalue weighted by atomic mass is 32.1. The fourth-order valence-electron chi connectivity index (χ4n) is 10.2. The van der Waals surface area contributed by atoms with E-state index in [1.54, 1.807) is 23.5 Å². The number of likely N-dealkylation sites (tertiary alicyclic amines) is 1. The van der Waals surface area contributed by atoms with Gasteiger partial charge in [-0.25, -0.2) is 9.83 Å². The Morgan fingerprint density at radius 3 is 2.43 bits per heavy atom. The second-order valence-electron chi connectivity index (χ2n) is 20.1. The number of carbonyl (C=O) groups is 5. The van der Waals surface area contributed by atoms with E-state index in [1.807, 2.05) is 63.5 Å². The summed E-state index contributed by atoms with van der Waals surface area (Å²) in [4.78, 5) is 85.0. The Kier molecular flexibility index (Phi) is 13.3. The molecule has 0 radical (unpaired) electrons. The number of benzene rings is 3. The van der Waals surface area contributed by atoms with Gasteiger partial charge in [-0.3, -0.25) is 24.0 Å². The first-order chi connectivity index (χ1) is 31.9. The van der Waals surface area contributed by atoms with Crippen molar-refractivity contribution in [2.24, 2.45) is 11.3 Å². The number of anilines is 1. The van der Waals surface area contributed by atoms with E-state index >= 15 is 0 Å². The molecule has 4 N–H and O–H groups in total. The number of aromatic amines is 1. The Morgan fingerprint density at radius 2 is 1.78 bits per heavy atom. The molecule has 0 spiro atoms. The molecule has 67 heavy (non-hydrogen) atoms. The first-order valence-electron chi connectivity index (χ1n) is 23.4. The zero-order valence-electron chi connectivity index (χ0n) is 39.5. The number of aryl methyl sites for hydroxylation is 2. The molecule has 2 aromatic heterocycles. The van der Waals surface area contributed by atoms with Gasteiger partial charge in [0, 0.05) is 97.1 Å². The number of thiazole rings is 1. The maximum Gasteiger partial charge on any atom is 0.243 e. The predicted molar refractivity (Wildman–Crippen MR) is 261 cm³/mol. The lowest BCUT2D eigenvalue weighted by Gasteiger charge is -2.38. The molecular weight excluding hydrogens is 863 g/mol. The average Bonchev–Trinajstić information content (AvgIpc) is 4.04. The van der Waals surface area contributed by atoms with Crippen molar-refractivity contribution in [1.82, 2.24) is 25.5 Å². The second kappa shape index (κ2) is 18.8. The number of aliphatic hydroxyl groups excluding tert-OH is 1. The summed E-state index contributed by atoms with van der Waals surface area (Å²) in [5.74, 6) is -1.88. The van der Waals surface area contributed by atoms with E-state index in [0.717, 1.165) is 61.5 Å². The summed E-state index contributed by atoms with van der Waals surface area (Å²) >= 11 is 1.57.